The standard InChI is InChI=1S/C19H30N4O3S2/c1-19(2,3)12-5-6-14-11(9-12)10-15(28-14)17(25)23-22-16(24)13(7-8-27-4)21-18(20)26/h10,12-13H,5-9H2,1-4H3,(H,22,24)(H,23,25)(H3,20,21,26)/t12-,13+/m0/s1. The fourth-order valence-corrected chi connectivity index (χ4v) is 4.89. The Morgan fingerprint density at radius 2 is 2.04 bits per heavy atom. The minimum atomic E-state index is -0.783. The first-order chi connectivity index (χ1) is 13.1. The number of hydrogen-bond donors (Lipinski definition) is 4. The Morgan fingerprint density at radius 1 is 1.32 bits per heavy atom. The SMILES string of the molecule is CSCC[C@@H](NC(N)=O)C(=O)NNC(=O)c1cc2c(s1)CC[C@H](C(C)(C)C)C2. The molecule has 1 aromatic rings. The monoisotopic (exact) mass is 426 g/mol. The van der Waals surface area contributed by atoms with Gasteiger partial charge in [0.1, 0.15) is 6.04 Å². The van der Waals surface area contributed by atoms with Gasteiger partial charge in [0, 0.05) is 4.88 Å². The highest BCUT2D eigenvalue weighted by Gasteiger charge is 2.30. The Morgan fingerprint density at radius 3 is 2.64 bits per heavy atom. The van der Waals surface area contributed by atoms with Crippen LogP contribution < -0.4 is 21.9 Å². The van der Waals surface area contributed by atoms with Crippen molar-refractivity contribution in [3.63, 3.8) is 0 Å². The summed E-state index contributed by atoms with van der Waals surface area (Å²) in [5.74, 6) is 0.444. The van der Waals surface area contributed by atoms with Crippen molar-refractivity contribution in [3.8, 4) is 0 Å². The van der Waals surface area contributed by atoms with Gasteiger partial charge in [0.25, 0.3) is 11.8 Å². The van der Waals surface area contributed by atoms with Gasteiger partial charge in [-0.1, -0.05) is 20.8 Å². The third-order valence-corrected chi connectivity index (χ3v) is 6.95. The van der Waals surface area contributed by atoms with E-state index in [2.05, 4.69) is 36.9 Å². The van der Waals surface area contributed by atoms with Crippen LogP contribution in [0.4, 0.5) is 4.79 Å². The zero-order valence-electron chi connectivity index (χ0n) is 16.9. The molecule has 9 heteroatoms. The smallest absolute Gasteiger partial charge is 0.312 e. The second-order valence-corrected chi connectivity index (χ2v) is 10.3. The van der Waals surface area contributed by atoms with Gasteiger partial charge in [0.2, 0.25) is 0 Å². The molecule has 1 heterocycles. The number of nitrogens with one attached hydrogen (secondary N) is 3. The molecule has 0 bridgehead atoms. The van der Waals surface area contributed by atoms with Gasteiger partial charge in [-0.05, 0) is 60.7 Å². The van der Waals surface area contributed by atoms with Gasteiger partial charge >= 0.3 is 6.03 Å². The lowest BCUT2D eigenvalue weighted by molar-refractivity contribution is -0.123. The van der Waals surface area contributed by atoms with E-state index in [1.54, 1.807) is 11.8 Å². The molecule has 7 nitrogen and oxygen atoms in total. The van der Waals surface area contributed by atoms with E-state index in [-0.39, 0.29) is 11.3 Å². The fourth-order valence-electron chi connectivity index (χ4n) is 3.32. The number of thioether (sulfide) groups is 1. The third kappa shape index (κ3) is 6.13. The van der Waals surface area contributed by atoms with E-state index in [4.69, 9.17) is 5.73 Å². The van der Waals surface area contributed by atoms with Crippen LogP contribution in [0.3, 0.4) is 0 Å². The lowest BCUT2D eigenvalue weighted by Crippen LogP contribution is -2.53. The number of hydrogen-bond acceptors (Lipinski definition) is 5. The van der Waals surface area contributed by atoms with E-state index in [1.165, 1.54) is 21.8 Å². The topological polar surface area (TPSA) is 113 Å². The van der Waals surface area contributed by atoms with Crippen molar-refractivity contribution in [3.05, 3.63) is 21.4 Å². The van der Waals surface area contributed by atoms with Gasteiger partial charge in [-0.25, -0.2) is 4.79 Å². The molecule has 28 heavy (non-hydrogen) atoms. The summed E-state index contributed by atoms with van der Waals surface area (Å²) in [6.07, 6.45) is 5.43. The maximum absolute atomic E-state index is 12.5. The molecule has 0 saturated heterocycles. The first-order valence-electron chi connectivity index (χ1n) is 9.38. The number of aryl methyl sites for hydroxylation is 1. The van der Waals surface area contributed by atoms with E-state index in [0.717, 1.165) is 19.3 Å². The van der Waals surface area contributed by atoms with Crippen molar-refractivity contribution >= 4 is 40.9 Å². The first kappa shape index (κ1) is 22.5. The van der Waals surface area contributed by atoms with Crippen LogP contribution in [0.1, 0.15) is 53.7 Å². The maximum atomic E-state index is 12.5. The van der Waals surface area contributed by atoms with Crippen molar-refractivity contribution in [2.45, 2.75) is 52.5 Å². The average Bonchev–Trinajstić information content (AvgIpc) is 3.05. The molecule has 0 aliphatic heterocycles. The Bertz CT molecular complexity index is 727. The minimum Gasteiger partial charge on any atom is -0.352 e. The molecule has 0 spiro atoms. The number of rotatable bonds is 6. The molecule has 5 N–H and O–H groups in total. The molecular weight excluding hydrogens is 396 g/mol. The Hall–Kier alpha value is -1.74. The van der Waals surface area contributed by atoms with E-state index >= 15 is 0 Å². The van der Waals surface area contributed by atoms with Crippen molar-refractivity contribution in [1.82, 2.24) is 16.2 Å². The fraction of sp³-hybridized carbons (Fsp3) is 0.632. The van der Waals surface area contributed by atoms with Gasteiger partial charge in [-0.3, -0.25) is 20.4 Å². The summed E-state index contributed by atoms with van der Waals surface area (Å²) in [5.41, 5.74) is 11.5. The Balaban J connectivity index is 1.95. The molecule has 2 rings (SSSR count). The molecule has 0 saturated carbocycles. The van der Waals surface area contributed by atoms with Crippen molar-refractivity contribution in [1.29, 1.82) is 0 Å². The molecule has 2 atom stereocenters. The summed E-state index contributed by atoms with van der Waals surface area (Å²) < 4.78 is 0. The van der Waals surface area contributed by atoms with Crippen LogP contribution in [-0.4, -0.2) is 35.9 Å². The van der Waals surface area contributed by atoms with Crippen LogP contribution in [0.15, 0.2) is 6.07 Å². The predicted molar refractivity (Wildman–Crippen MR) is 114 cm³/mol. The maximum Gasteiger partial charge on any atom is 0.312 e. The zero-order chi connectivity index (χ0) is 20.9. The van der Waals surface area contributed by atoms with Crippen molar-refractivity contribution in [2.75, 3.05) is 12.0 Å². The van der Waals surface area contributed by atoms with Crippen molar-refractivity contribution in [2.24, 2.45) is 17.1 Å². The normalized spacial score (nSPS) is 17.4. The highest BCUT2D eigenvalue weighted by atomic mass is 32.2. The number of urea groups is 1. The number of hydrazine groups is 1. The summed E-state index contributed by atoms with van der Waals surface area (Å²) in [6, 6.07) is 0.382. The van der Waals surface area contributed by atoms with E-state index in [1.807, 2.05) is 12.3 Å². The number of carbonyl (C=O) groups excluding carboxylic acids is 3. The molecule has 1 aliphatic rings. The molecule has 0 unspecified atom stereocenters. The van der Waals surface area contributed by atoms with Crippen LogP contribution in [0.5, 0.6) is 0 Å². The Kier molecular flexibility index (Phi) is 7.77. The van der Waals surface area contributed by atoms with Crippen LogP contribution in [0, 0.1) is 11.3 Å². The van der Waals surface area contributed by atoms with Gasteiger partial charge in [0.05, 0.1) is 4.88 Å². The summed E-state index contributed by atoms with van der Waals surface area (Å²) in [7, 11) is 0. The summed E-state index contributed by atoms with van der Waals surface area (Å²) in [5, 5.41) is 2.40. The van der Waals surface area contributed by atoms with E-state index in [9.17, 15) is 14.4 Å². The lowest BCUT2D eigenvalue weighted by Gasteiger charge is -2.33. The molecule has 0 aromatic carbocycles. The van der Waals surface area contributed by atoms with Crippen LogP contribution in [0.2, 0.25) is 0 Å². The summed E-state index contributed by atoms with van der Waals surface area (Å²) >= 11 is 3.04. The highest BCUT2D eigenvalue weighted by Crippen LogP contribution is 2.40. The summed E-state index contributed by atoms with van der Waals surface area (Å²) in [4.78, 5) is 37.7. The second kappa shape index (κ2) is 9.65. The molecular formula is C19H30N4O3S2. The molecule has 1 aliphatic carbocycles. The second-order valence-electron chi connectivity index (χ2n) is 8.15. The van der Waals surface area contributed by atoms with Crippen LogP contribution in [-0.2, 0) is 17.6 Å². The van der Waals surface area contributed by atoms with Crippen LogP contribution >= 0.6 is 23.1 Å². The van der Waals surface area contributed by atoms with Gasteiger partial charge in [-0.15, -0.1) is 11.3 Å². The first-order valence-corrected chi connectivity index (χ1v) is 11.6. The lowest BCUT2D eigenvalue weighted by atomic mass is 9.72. The van der Waals surface area contributed by atoms with Gasteiger partial charge < -0.3 is 11.1 Å². The van der Waals surface area contributed by atoms with E-state index < -0.39 is 18.0 Å². The third-order valence-electron chi connectivity index (χ3n) is 5.07. The number of fused-ring (bicyclic) bond motifs is 1. The summed E-state index contributed by atoms with van der Waals surface area (Å²) in [6.45, 7) is 6.77. The highest BCUT2D eigenvalue weighted by molar-refractivity contribution is 7.98. The quantitative estimate of drug-likeness (QED) is 0.523. The van der Waals surface area contributed by atoms with Gasteiger partial charge in [0.15, 0.2) is 0 Å². The van der Waals surface area contributed by atoms with Crippen molar-refractivity contribution < 1.29 is 14.4 Å². The number of carbonyl (C=O) groups is 3. The molecule has 1 aromatic heterocycles. The Labute approximate surface area is 174 Å². The van der Waals surface area contributed by atoms with E-state index in [0.29, 0.717) is 23.0 Å². The number of primary amides is 1. The minimum absolute atomic E-state index is 0.245. The molecule has 0 fully saturated rings. The molecule has 4 amide bonds. The largest absolute Gasteiger partial charge is 0.352 e. The number of amides is 4. The number of nitrogens with two attached hydrogens (primary N) is 1. The predicted octanol–water partition coefficient (Wildman–Crippen LogP) is 2.45. The molecule has 156 valence electrons. The zero-order valence-corrected chi connectivity index (χ0v) is 18.5. The average molecular weight is 427 g/mol. The molecule has 0 radical (unpaired) electrons. The number of thiophene rings is 1. The van der Waals surface area contributed by atoms with Crippen LogP contribution in [0.25, 0.3) is 0 Å². The van der Waals surface area contributed by atoms with Gasteiger partial charge in [-0.2, -0.15) is 11.8 Å².